The molecule has 0 spiro atoms. The summed E-state index contributed by atoms with van der Waals surface area (Å²) in [7, 11) is 3.31. The number of hydrogen-bond donors (Lipinski definition) is 1. The lowest BCUT2D eigenvalue weighted by atomic mass is 10.0. The summed E-state index contributed by atoms with van der Waals surface area (Å²) >= 11 is 3.59. The van der Waals surface area contributed by atoms with Gasteiger partial charge < -0.3 is 14.8 Å². The lowest BCUT2D eigenvalue weighted by molar-refractivity contribution is 0.353. The number of methoxy groups -OCH3 is 2. The third-order valence-electron chi connectivity index (χ3n) is 3.65. The van der Waals surface area contributed by atoms with E-state index in [0.717, 1.165) is 28.4 Å². The van der Waals surface area contributed by atoms with Crippen molar-refractivity contribution in [2.75, 3.05) is 14.2 Å². The van der Waals surface area contributed by atoms with Crippen molar-refractivity contribution in [3.05, 3.63) is 22.2 Å². The smallest absolute Gasteiger partial charge is 0.161 e. The number of benzene rings is 1. The summed E-state index contributed by atoms with van der Waals surface area (Å²) in [5.41, 5.74) is 1.18. The van der Waals surface area contributed by atoms with Gasteiger partial charge in [0, 0.05) is 17.1 Å². The van der Waals surface area contributed by atoms with Crippen molar-refractivity contribution < 1.29 is 9.47 Å². The van der Waals surface area contributed by atoms with Gasteiger partial charge in [0.1, 0.15) is 0 Å². The first-order valence-corrected chi connectivity index (χ1v) is 7.94. The predicted molar refractivity (Wildman–Crippen MR) is 87.6 cm³/mol. The van der Waals surface area contributed by atoms with Gasteiger partial charge in [0.05, 0.1) is 14.2 Å². The molecule has 2 unspecified atom stereocenters. The largest absolute Gasteiger partial charge is 0.493 e. The Hall–Kier alpha value is -0.740. The molecule has 0 fully saturated rings. The van der Waals surface area contributed by atoms with E-state index in [1.807, 2.05) is 12.1 Å². The minimum absolute atomic E-state index is 0.505. The van der Waals surface area contributed by atoms with Crippen LogP contribution in [0.15, 0.2) is 16.6 Å². The van der Waals surface area contributed by atoms with E-state index in [4.69, 9.17) is 9.47 Å². The Labute approximate surface area is 131 Å². The molecular weight excluding hydrogens is 318 g/mol. The van der Waals surface area contributed by atoms with E-state index in [1.54, 1.807) is 14.2 Å². The van der Waals surface area contributed by atoms with Crippen molar-refractivity contribution in [2.24, 2.45) is 5.92 Å². The molecule has 0 bridgehead atoms. The SMILES string of the molecule is CCC(C)CC(C)NCc1cc(OC)c(OC)cc1Br. The molecule has 0 heterocycles. The van der Waals surface area contributed by atoms with Crippen molar-refractivity contribution >= 4 is 15.9 Å². The highest BCUT2D eigenvalue weighted by atomic mass is 79.9. The molecule has 0 saturated heterocycles. The van der Waals surface area contributed by atoms with Crippen molar-refractivity contribution in [1.82, 2.24) is 5.32 Å². The maximum absolute atomic E-state index is 5.35. The van der Waals surface area contributed by atoms with Crippen LogP contribution in [0, 0.1) is 5.92 Å². The van der Waals surface area contributed by atoms with Crippen molar-refractivity contribution in [1.29, 1.82) is 0 Å². The second-order valence-corrected chi connectivity index (χ2v) is 6.18. The molecule has 1 rings (SSSR count). The molecule has 114 valence electrons. The van der Waals surface area contributed by atoms with Gasteiger partial charge >= 0.3 is 0 Å². The molecule has 4 heteroatoms. The van der Waals surface area contributed by atoms with E-state index >= 15 is 0 Å². The molecule has 0 aliphatic heterocycles. The van der Waals surface area contributed by atoms with Crippen LogP contribution in [0.5, 0.6) is 11.5 Å². The van der Waals surface area contributed by atoms with Gasteiger partial charge in [0.15, 0.2) is 11.5 Å². The molecule has 0 aliphatic carbocycles. The van der Waals surface area contributed by atoms with E-state index in [9.17, 15) is 0 Å². The molecule has 0 aromatic heterocycles. The van der Waals surface area contributed by atoms with E-state index < -0.39 is 0 Å². The second kappa shape index (κ2) is 8.53. The van der Waals surface area contributed by atoms with Crippen LogP contribution in [0.4, 0.5) is 0 Å². The molecule has 0 radical (unpaired) electrons. The van der Waals surface area contributed by atoms with Crippen LogP contribution in [-0.4, -0.2) is 20.3 Å². The number of hydrogen-bond acceptors (Lipinski definition) is 3. The summed E-state index contributed by atoms with van der Waals surface area (Å²) in [6, 6.07) is 4.48. The van der Waals surface area contributed by atoms with Gasteiger partial charge in [-0.3, -0.25) is 0 Å². The first-order valence-electron chi connectivity index (χ1n) is 7.15. The fourth-order valence-electron chi connectivity index (χ4n) is 2.17. The molecule has 0 amide bonds. The van der Waals surface area contributed by atoms with E-state index in [1.165, 1.54) is 18.4 Å². The Balaban J connectivity index is 2.68. The highest BCUT2D eigenvalue weighted by molar-refractivity contribution is 9.10. The summed E-state index contributed by atoms with van der Waals surface area (Å²) in [6.07, 6.45) is 2.42. The van der Waals surface area contributed by atoms with Gasteiger partial charge in [-0.15, -0.1) is 0 Å². The molecule has 20 heavy (non-hydrogen) atoms. The van der Waals surface area contributed by atoms with Crippen molar-refractivity contribution in [2.45, 2.75) is 46.2 Å². The van der Waals surface area contributed by atoms with Gasteiger partial charge in [-0.2, -0.15) is 0 Å². The maximum atomic E-state index is 5.35. The highest BCUT2D eigenvalue weighted by Crippen LogP contribution is 2.33. The van der Waals surface area contributed by atoms with Crippen LogP contribution >= 0.6 is 15.9 Å². The summed E-state index contributed by atoms with van der Waals surface area (Å²) in [6.45, 7) is 7.59. The average Bonchev–Trinajstić information content (AvgIpc) is 2.45. The van der Waals surface area contributed by atoms with E-state index in [0.29, 0.717) is 6.04 Å². The predicted octanol–water partition coefficient (Wildman–Crippen LogP) is 4.38. The van der Waals surface area contributed by atoms with Crippen molar-refractivity contribution in [3.63, 3.8) is 0 Å². The van der Waals surface area contributed by atoms with Crippen molar-refractivity contribution in [3.8, 4) is 11.5 Å². The third kappa shape index (κ3) is 4.98. The van der Waals surface area contributed by atoms with Crippen LogP contribution in [-0.2, 0) is 6.54 Å². The first-order chi connectivity index (χ1) is 9.51. The Bertz CT molecular complexity index is 423. The van der Waals surface area contributed by atoms with Crippen LogP contribution in [0.2, 0.25) is 0 Å². The quantitative estimate of drug-likeness (QED) is 0.759. The molecule has 1 aromatic carbocycles. The third-order valence-corrected chi connectivity index (χ3v) is 4.38. The first kappa shape index (κ1) is 17.3. The van der Waals surface area contributed by atoms with Gasteiger partial charge in [-0.05, 0) is 37.0 Å². The second-order valence-electron chi connectivity index (χ2n) is 5.33. The number of rotatable bonds is 8. The summed E-state index contributed by atoms with van der Waals surface area (Å²) in [4.78, 5) is 0. The lowest BCUT2D eigenvalue weighted by Crippen LogP contribution is -2.27. The minimum atomic E-state index is 0.505. The monoisotopic (exact) mass is 343 g/mol. The van der Waals surface area contributed by atoms with Gasteiger partial charge in [0.2, 0.25) is 0 Å². The van der Waals surface area contributed by atoms with Crippen LogP contribution in [0.3, 0.4) is 0 Å². The molecule has 1 aromatic rings. The summed E-state index contributed by atoms with van der Waals surface area (Å²) < 4.78 is 11.7. The molecule has 3 nitrogen and oxygen atoms in total. The zero-order valence-corrected chi connectivity index (χ0v) is 14.7. The van der Waals surface area contributed by atoms with Gasteiger partial charge in [0.25, 0.3) is 0 Å². The number of halogens is 1. The Morgan fingerprint density at radius 2 is 1.75 bits per heavy atom. The van der Waals surface area contributed by atoms with Gasteiger partial charge in [-0.25, -0.2) is 0 Å². The van der Waals surface area contributed by atoms with Crippen LogP contribution < -0.4 is 14.8 Å². The van der Waals surface area contributed by atoms with Crippen LogP contribution in [0.25, 0.3) is 0 Å². The fraction of sp³-hybridized carbons (Fsp3) is 0.625. The maximum Gasteiger partial charge on any atom is 0.161 e. The van der Waals surface area contributed by atoms with E-state index in [2.05, 4.69) is 42.0 Å². The Morgan fingerprint density at radius 1 is 1.15 bits per heavy atom. The minimum Gasteiger partial charge on any atom is -0.493 e. The molecular formula is C16H26BrNO2. The molecule has 0 aliphatic rings. The molecule has 1 N–H and O–H groups in total. The Kier molecular flexibility index (Phi) is 7.38. The normalized spacial score (nSPS) is 13.9. The van der Waals surface area contributed by atoms with Gasteiger partial charge in [-0.1, -0.05) is 36.2 Å². The fourth-order valence-corrected chi connectivity index (χ4v) is 2.63. The summed E-state index contributed by atoms with van der Waals surface area (Å²) in [5, 5.41) is 3.57. The standard InChI is InChI=1S/C16H26BrNO2/c1-6-11(2)7-12(3)18-10-13-8-15(19-4)16(20-5)9-14(13)17/h8-9,11-12,18H,6-7,10H2,1-5H3. The zero-order valence-electron chi connectivity index (χ0n) is 13.1. The number of ether oxygens (including phenoxy) is 2. The van der Waals surface area contributed by atoms with Crippen LogP contribution in [0.1, 0.15) is 39.2 Å². The average molecular weight is 344 g/mol. The molecule has 0 saturated carbocycles. The van der Waals surface area contributed by atoms with E-state index in [-0.39, 0.29) is 0 Å². The summed E-state index contributed by atoms with van der Waals surface area (Å²) in [5.74, 6) is 2.27. The molecule has 2 atom stereocenters. The highest BCUT2D eigenvalue weighted by Gasteiger charge is 2.11. The topological polar surface area (TPSA) is 30.5 Å². The zero-order chi connectivity index (χ0) is 15.1. The number of nitrogens with one attached hydrogen (secondary N) is 1. The Morgan fingerprint density at radius 3 is 2.30 bits per heavy atom. The lowest BCUT2D eigenvalue weighted by Gasteiger charge is -2.19.